The van der Waals surface area contributed by atoms with E-state index >= 15 is 0 Å². The van der Waals surface area contributed by atoms with E-state index in [1.165, 1.54) is 22.3 Å². The number of anilines is 1. The zero-order valence-corrected chi connectivity index (χ0v) is 17.9. The summed E-state index contributed by atoms with van der Waals surface area (Å²) < 4.78 is 0. The van der Waals surface area contributed by atoms with Gasteiger partial charge >= 0.3 is 0 Å². The van der Waals surface area contributed by atoms with Crippen molar-refractivity contribution >= 4 is 11.6 Å². The molecule has 3 aromatic carbocycles. The van der Waals surface area contributed by atoms with Crippen LogP contribution in [0, 0.1) is 5.41 Å². The topological polar surface area (TPSA) is 32.3 Å². The van der Waals surface area contributed by atoms with E-state index < -0.39 is 5.41 Å². The minimum absolute atomic E-state index is 0.103. The lowest BCUT2D eigenvalue weighted by molar-refractivity contribution is -0.132. The molecule has 0 saturated carbocycles. The Morgan fingerprint density at radius 2 is 1.43 bits per heavy atom. The lowest BCUT2D eigenvalue weighted by Gasteiger charge is -2.50. The van der Waals surface area contributed by atoms with Gasteiger partial charge in [0.15, 0.2) is 0 Å². The van der Waals surface area contributed by atoms with E-state index in [9.17, 15) is 4.79 Å². The van der Waals surface area contributed by atoms with Crippen LogP contribution in [0.25, 0.3) is 0 Å². The fraction of sp³-hybridized carbons (Fsp3) is 0.296. The van der Waals surface area contributed by atoms with E-state index in [0.717, 1.165) is 17.7 Å². The molecule has 3 aromatic rings. The minimum Gasteiger partial charge on any atom is -0.378 e. The zero-order valence-electron chi connectivity index (χ0n) is 17.9. The standard InChI is InChI=1S/C27H28N2O/c1-27(26(30)28-17-18-12-14-19(15-13-18)29(2)3)16-24-20-8-4-6-10-22(20)25(27)23-11-7-5-9-21(23)24/h4-15,24-25H,16-17H2,1-3H3,(H,28,30). The van der Waals surface area contributed by atoms with Crippen LogP contribution in [-0.2, 0) is 11.3 Å². The van der Waals surface area contributed by atoms with Crippen molar-refractivity contribution in [2.45, 2.75) is 31.7 Å². The lowest BCUT2D eigenvalue weighted by atomic mass is 9.52. The third kappa shape index (κ3) is 2.84. The maximum absolute atomic E-state index is 13.6. The maximum atomic E-state index is 13.6. The fourth-order valence-electron chi connectivity index (χ4n) is 5.49. The van der Waals surface area contributed by atoms with Gasteiger partial charge in [-0.25, -0.2) is 0 Å². The number of benzene rings is 3. The average Bonchev–Trinajstić information content (AvgIpc) is 2.78. The monoisotopic (exact) mass is 396 g/mol. The van der Waals surface area contributed by atoms with Crippen LogP contribution in [0.4, 0.5) is 5.69 Å². The molecule has 3 nitrogen and oxygen atoms in total. The Morgan fingerprint density at radius 3 is 1.97 bits per heavy atom. The highest BCUT2D eigenvalue weighted by Gasteiger charge is 2.53. The van der Waals surface area contributed by atoms with Crippen LogP contribution < -0.4 is 10.2 Å². The van der Waals surface area contributed by atoms with Crippen molar-refractivity contribution in [3.05, 3.63) is 101 Å². The number of nitrogens with one attached hydrogen (secondary N) is 1. The van der Waals surface area contributed by atoms with E-state index in [-0.39, 0.29) is 17.7 Å². The van der Waals surface area contributed by atoms with Crippen LogP contribution in [0.2, 0.25) is 0 Å². The average molecular weight is 397 g/mol. The van der Waals surface area contributed by atoms with E-state index in [1.54, 1.807) is 0 Å². The molecule has 30 heavy (non-hydrogen) atoms. The first-order valence-electron chi connectivity index (χ1n) is 10.7. The van der Waals surface area contributed by atoms with Gasteiger partial charge < -0.3 is 10.2 Å². The first-order valence-corrected chi connectivity index (χ1v) is 10.7. The summed E-state index contributed by atoms with van der Waals surface area (Å²) >= 11 is 0. The van der Waals surface area contributed by atoms with Gasteiger partial charge in [-0.1, -0.05) is 60.7 Å². The molecule has 3 aliphatic rings. The normalized spacial score (nSPS) is 23.4. The third-order valence-electron chi connectivity index (χ3n) is 7.05. The molecule has 0 heterocycles. The van der Waals surface area contributed by atoms with Crippen molar-refractivity contribution in [3.8, 4) is 0 Å². The van der Waals surface area contributed by atoms with Gasteiger partial charge in [-0.2, -0.15) is 0 Å². The van der Waals surface area contributed by atoms with Gasteiger partial charge in [0.1, 0.15) is 0 Å². The molecule has 2 bridgehead atoms. The van der Waals surface area contributed by atoms with Crippen LogP contribution >= 0.6 is 0 Å². The van der Waals surface area contributed by atoms with E-state index in [1.807, 2.05) is 14.1 Å². The molecular formula is C27H28N2O. The number of hydrogen-bond acceptors (Lipinski definition) is 2. The van der Waals surface area contributed by atoms with Gasteiger partial charge in [-0.05, 0) is 53.3 Å². The van der Waals surface area contributed by atoms with Gasteiger partial charge in [-0.15, -0.1) is 0 Å². The predicted molar refractivity (Wildman–Crippen MR) is 122 cm³/mol. The molecule has 0 saturated heterocycles. The Labute approximate surface area is 178 Å². The molecule has 0 aliphatic heterocycles. The summed E-state index contributed by atoms with van der Waals surface area (Å²) in [4.78, 5) is 15.6. The molecule has 0 aromatic heterocycles. The molecule has 0 radical (unpaired) electrons. The summed E-state index contributed by atoms with van der Waals surface area (Å²) in [6.07, 6.45) is 0.858. The van der Waals surface area contributed by atoms with Crippen LogP contribution in [-0.4, -0.2) is 20.0 Å². The minimum atomic E-state index is -0.447. The Bertz CT molecular complexity index is 1050. The number of carbonyl (C=O) groups excluding carboxylic acids is 1. The van der Waals surface area contributed by atoms with E-state index in [0.29, 0.717) is 6.54 Å². The first-order chi connectivity index (χ1) is 14.5. The maximum Gasteiger partial charge on any atom is 0.227 e. The second kappa shape index (κ2) is 7.02. The van der Waals surface area contributed by atoms with Crippen molar-refractivity contribution in [2.24, 2.45) is 5.41 Å². The summed E-state index contributed by atoms with van der Waals surface area (Å²) in [7, 11) is 4.07. The predicted octanol–water partition coefficient (Wildman–Crippen LogP) is 5.06. The zero-order chi connectivity index (χ0) is 20.9. The number of nitrogens with zero attached hydrogens (tertiary/aromatic N) is 1. The Kier molecular flexibility index (Phi) is 4.43. The van der Waals surface area contributed by atoms with Gasteiger partial charge in [-0.3, -0.25) is 4.79 Å². The lowest BCUT2D eigenvalue weighted by Crippen LogP contribution is -2.49. The van der Waals surface area contributed by atoms with Crippen LogP contribution in [0.3, 0.4) is 0 Å². The summed E-state index contributed by atoms with van der Waals surface area (Å²) in [5.74, 6) is 0.543. The van der Waals surface area contributed by atoms with Crippen molar-refractivity contribution < 1.29 is 4.79 Å². The van der Waals surface area contributed by atoms with Gasteiger partial charge in [0.05, 0.1) is 5.41 Å². The summed E-state index contributed by atoms with van der Waals surface area (Å²) in [6, 6.07) is 25.7. The molecular weight excluding hydrogens is 368 g/mol. The first kappa shape index (κ1) is 18.9. The molecule has 0 spiro atoms. The van der Waals surface area contributed by atoms with Gasteiger partial charge in [0.2, 0.25) is 5.91 Å². The summed E-state index contributed by atoms with van der Waals surface area (Å²) in [5, 5.41) is 3.25. The molecule has 3 aliphatic carbocycles. The van der Waals surface area contributed by atoms with Crippen molar-refractivity contribution in [3.63, 3.8) is 0 Å². The highest BCUT2D eigenvalue weighted by molar-refractivity contribution is 5.86. The van der Waals surface area contributed by atoms with E-state index in [2.05, 4.69) is 89.9 Å². The van der Waals surface area contributed by atoms with Crippen LogP contribution in [0.5, 0.6) is 0 Å². The number of carbonyl (C=O) groups is 1. The Hall–Kier alpha value is -3.07. The third-order valence-corrected chi connectivity index (χ3v) is 7.05. The molecule has 1 amide bonds. The smallest absolute Gasteiger partial charge is 0.227 e. The Morgan fingerprint density at radius 1 is 0.900 bits per heavy atom. The number of rotatable bonds is 4. The van der Waals surface area contributed by atoms with Crippen molar-refractivity contribution in [1.29, 1.82) is 0 Å². The molecule has 6 rings (SSSR count). The van der Waals surface area contributed by atoms with Gasteiger partial charge in [0, 0.05) is 38.2 Å². The molecule has 1 unspecified atom stereocenters. The van der Waals surface area contributed by atoms with Crippen LogP contribution in [0.15, 0.2) is 72.8 Å². The highest BCUT2D eigenvalue weighted by Crippen LogP contribution is 2.60. The molecule has 1 atom stereocenters. The second-order valence-electron chi connectivity index (χ2n) is 9.11. The van der Waals surface area contributed by atoms with Gasteiger partial charge in [0.25, 0.3) is 0 Å². The number of hydrogen-bond donors (Lipinski definition) is 1. The quantitative estimate of drug-likeness (QED) is 0.669. The van der Waals surface area contributed by atoms with E-state index in [4.69, 9.17) is 0 Å². The molecule has 0 fully saturated rings. The largest absolute Gasteiger partial charge is 0.378 e. The number of fused-ring (bicyclic) bond motifs is 1. The molecule has 152 valence electrons. The highest BCUT2D eigenvalue weighted by atomic mass is 16.2. The van der Waals surface area contributed by atoms with Crippen LogP contribution in [0.1, 0.15) is 53.0 Å². The summed E-state index contributed by atoms with van der Waals surface area (Å²) in [6.45, 7) is 2.71. The SMILES string of the molecule is CN(C)c1ccc(CNC(=O)C2(C)CC3c4ccccc4C2c2ccccc23)cc1. The molecule has 1 N–H and O–H groups in total. The summed E-state index contributed by atoms with van der Waals surface area (Å²) in [5.41, 5.74) is 7.27. The number of amides is 1. The second-order valence-corrected chi connectivity index (χ2v) is 9.11. The molecule has 3 heteroatoms. The fourth-order valence-corrected chi connectivity index (χ4v) is 5.49. The van der Waals surface area contributed by atoms with Crippen molar-refractivity contribution in [2.75, 3.05) is 19.0 Å². The van der Waals surface area contributed by atoms with Crippen molar-refractivity contribution in [1.82, 2.24) is 5.32 Å². The Balaban J connectivity index is 1.44.